The molecule has 0 spiro atoms. The lowest BCUT2D eigenvalue weighted by molar-refractivity contribution is 0.389. The van der Waals surface area contributed by atoms with Gasteiger partial charge in [0, 0.05) is 8.54 Å². The van der Waals surface area contributed by atoms with E-state index in [4.69, 9.17) is 10.3 Å². The molecule has 0 aliphatic rings. The van der Waals surface area contributed by atoms with Crippen molar-refractivity contribution in [3.8, 4) is 0 Å². The van der Waals surface area contributed by atoms with Crippen LogP contribution in [0.2, 0.25) is 0 Å². The molecule has 0 aliphatic heterocycles. The molecule has 10 heavy (non-hydrogen) atoms. The Morgan fingerprint density at radius 1 is 1.20 bits per heavy atom. The molecule has 0 aromatic heterocycles. The Balaban J connectivity index is 0. The van der Waals surface area contributed by atoms with Crippen molar-refractivity contribution in [3.63, 3.8) is 0 Å². The monoisotopic (exact) mass is 143 g/mol. The van der Waals surface area contributed by atoms with E-state index >= 15 is 0 Å². The molecular weight excluding hydrogens is 130 g/mol. The fraction of sp³-hybridized carbons (Fsp3) is 0.143. The van der Waals surface area contributed by atoms with Crippen LogP contribution in [-0.4, -0.2) is 17.4 Å². The van der Waals surface area contributed by atoms with Crippen LogP contribution in [0, 0.1) is 0 Å². The van der Waals surface area contributed by atoms with Crippen LogP contribution in [0.25, 0.3) is 0 Å². The first-order valence-corrected chi connectivity index (χ1v) is 2.83. The molecule has 0 atom stereocenters. The topological polar surface area (TPSA) is 52.5 Å². The lowest BCUT2D eigenvalue weighted by atomic mass is 10.3. The summed E-state index contributed by atoms with van der Waals surface area (Å²) in [7, 11) is 1.00. The lowest BCUT2D eigenvalue weighted by Crippen LogP contribution is -1.85. The summed E-state index contributed by atoms with van der Waals surface area (Å²) in [5.74, 6) is 0. The van der Waals surface area contributed by atoms with Crippen LogP contribution >= 0.6 is 0 Å². The van der Waals surface area contributed by atoms with Gasteiger partial charge in [0.15, 0.2) is 0 Å². The van der Waals surface area contributed by atoms with Crippen LogP contribution in [0.5, 0.6) is 0 Å². The normalized spacial score (nSPS) is 7.50. The number of rotatable bonds is 1. The van der Waals surface area contributed by atoms with Crippen molar-refractivity contribution < 1.29 is 11.7 Å². The van der Waals surface area contributed by atoms with Gasteiger partial charge in [-0.3, -0.25) is 10.7 Å². The van der Waals surface area contributed by atoms with E-state index in [0.717, 1.165) is 7.11 Å². The first kappa shape index (κ1) is 8.94. The van der Waals surface area contributed by atoms with Gasteiger partial charge in [0.1, 0.15) is 0 Å². The van der Waals surface area contributed by atoms with Gasteiger partial charge in [-0.2, -0.15) is 0 Å². The number of nitrogens with one attached hydrogen (secondary N) is 1. The van der Waals surface area contributed by atoms with Crippen molar-refractivity contribution in [1.29, 1.82) is 0 Å². The van der Waals surface area contributed by atoms with E-state index in [1.807, 2.05) is 23.7 Å². The third-order valence-electron chi connectivity index (χ3n) is 0.903. The van der Waals surface area contributed by atoms with Gasteiger partial charge in [-0.1, -0.05) is 18.2 Å². The molecule has 0 bridgehead atoms. The van der Waals surface area contributed by atoms with Crippen molar-refractivity contribution in [1.82, 2.24) is 0 Å². The molecule has 3 N–H and O–H groups in total. The Hall–Kier alpha value is -1.06. The maximum Gasteiger partial charge on any atom is 0.0602 e. The SMILES string of the molecule is CO.ONc1ccccc1.[HH]. The molecule has 0 fully saturated rings. The third-order valence-corrected chi connectivity index (χ3v) is 0.903. The summed E-state index contributed by atoms with van der Waals surface area (Å²) < 4.78 is 0. The Morgan fingerprint density at radius 3 is 2.00 bits per heavy atom. The van der Waals surface area contributed by atoms with E-state index in [-0.39, 0.29) is 1.43 Å². The molecule has 0 saturated heterocycles. The van der Waals surface area contributed by atoms with Gasteiger partial charge in [0.2, 0.25) is 0 Å². The first-order chi connectivity index (χ1) is 4.93. The van der Waals surface area contributed by atoms with E-state index in [9.17, 15) is 0 Å². The summed E-state index contributed by atoms with van der Waals surface area (Å²) in [6, 6.07) is 9.14. The molecule has 58 valence electrons. The van der Waals surface area contributed by atoms with Gasteiger partial charge in [0.05, 0.1) is 5.69 Å². The Bertz CT molecular complexity index is 158. The van der Waals surface area contributed by atoms with Crippen LogP contribution in [-0.2, 0) is 0 Å². The average Bonchev–Trinajstić information content (AvgIpc) is 2.10. The van der Waals surface area contributed by atoms with Crippen LogP contribution < -0.4 is 5.48 Å². The highest BCUT2D eigenvalue weighted by Crippen LogP contribution is 2.01. The smallest absolute Gasteiger partial charge is 0.0602 e. The molecule has 0 unspecified atom stereocenters. The number of aliphatic hydroxyl groups excluding tert-OH is 1. The van der Waals surface area contributed by atoms with E-state index < -0.39 is 0 Å². The highest BCUT2D eigenvalue weighted by atomic mass is 16.5. The molecule has 1 aromatic rings. The molecule has 1 rings (SSSR count). The zero-order chi connectivity index (χ0) is 7.82. The van der Waals surface area contributed by atoms with E-state index in [2.05, 4.69) is 0 Å². The van der Waals surface area contributed by atoms with Crippen molar-refractivity contribution in [2.75, 3.05) is 12.6 Å². The molecule has 0 amide bonds. The van der Waals surface area contributed by atoms with Crippen LogP contribution in [0.3, 0.4) is 0 Å². The quantitative estimate of drug-likeness (QED) is 0.520. The zero-order valence-corrected chi connectivity index (χ0v) is 5.78. The summed E-state index contributed by atoms with van der Waals surface area (Å²) in [5, 5.41) is 15.3. The van der Waals surface area contributed by atoms with Crippen molar-refractivity contribution in [2.45, 2.75) is 0 Å². The van der Waals surface area contributed by atoms with Gasteiger partial charge in [0.25, 0.3) is 0 Å². The minimum atomic E-state index is 0. The second-order valence-electron chi connectivity index (χ2n) is 1.48. The third kappa shape index (κ3) is 3.06. The van der Waals surface area contributed by atoms with Crippen molar-refractivity contribution in [2.24, 2.45) is 0 Å². The second kappa shape index (κ2) is 6.07. The van der Waals surface area contributed by atoms with Gasteiger partial charge in [-0.15, -0.1) is 0 Å². The minimum absolute atomic E-state index is 0. The predicted molar refractivity (Wildman–Crippen MR) is 42.1 cm³/mol. The molecule has 3 nitrogen and oxygen atoms in total. The van der Waals surface area contributed by atoms with Gasteiger partial charge in [-0.05, 0) is 12.1 Å². The molecular formula is C7H13NO2. The summed E-state index contributed by atoms with van der Waals surface area (Å²) in [6.45, 7) is 0. The number of para-hydroxylation sites is 1. The Morgan fingerprint density at radius 2 is 1.70 bits per heavy atom. The van der Waals surface area contributed by atoms with Crippen molar-refractivity contribution in [3.05, 3.63) is 30.3 Å². The lowest BCUT2D eigenvalue weighted by Gasteiger charge is -1.92. The fourth-order valence-corrected chi connectivity index (χ4v) is 0.513. The number of aliphatic hydroxyl groups is 1. The van der Waals surface area contributed by atoms with Crippen LogP contribution in [0.1, 0.15) is 1.43 Å². The summed E-state index contributed by atoms with van der Waals surface area (Å²) in [5.41, 5.74) is 2.74. The molecule has 0 aliphatic carbocycles. The Labute approximate surface area is 61.4 Å². The maximum atomic E-state index is 8.29. The highest BCUT2D eigenvalue weighted by molar-refractivity contribution is 5.39. The van der Waals surface area contributed by atoms with E-state index in [0.29, 0.717) is 5.69 Å². The molecule has 1 aromatic carbocycles. The fourth-order valence-electron chi connectivity index (χ4n) is 0.513. The van der Waals surface area contributed by atoms with Gasteiger partial charge < -0.3 is 5.11 Å². The molecule has 0 saturated carbocycles. The number of hydrogen-bond donors (Lipinski definition) is 3. The first-order valence-electron chi connectivity index (χ1n) is 2.83. The summed E-state index contributed by atoms with van der Waals surface area (Å²) in [6.07, 6.45) is 0. The number of benzene rings is 1. The molecule has 3 heteroatoms. The van der Waals surface area contributed by atoms with Crippen LogP contribution in [0.4, 0.5) is 5.69 Å². The van der Waals surface area contributed by atoms with Gasteiger partial charge >= 0.3 is 0 Å². The highest BCUT2D eigenvalue weighted by Gasteiger charge is 1.79. The minimum Gasteiger partial charge on any atom is -0.400 e. The molecule has 0 radical (unpaired) electrons. The van der Waals surface area contributed by atoms with Crippen LogP contribution in [0.15, 0.2) is 30.3 Å². The Kier molecular flexibility index (Phi) is 5.42. The zero-order valence-electron chi connectivity index (χ0n) is 5.78. The van der Waals surface area contributed by atoms with Gasteiger partial charge in [-0.25, -0.2) is 0 Å². The second-order valence-corrected chi connectivity index (χ2v) is 1.48. The summed E-state index contributed by atoms with van der Waals surface area (Å²) >= 11 is 0. The van der Waals surface area contributed by atoms with Crippen molar-refractivity contribution >= 4 is 5.69 Å². The van der Waals surface area contributed by atoms with E-state index in [1.165, 1.54) is 0 Å². The number of anilines is 1. The number of hydrogen-bond acceptors (Lipinski definition) is 3. The molecule has 0 heterocycles. The standard InChI is InChI=1S/C6H7NO.CH4O.H2/c8-7-6-4-2-1-3-5-6;1-2;/h1-5,7-8H;2H,1H3;1H. The largest absolute Gasteiger partial charge is 0.400 e. The maximum absolute atomic E-state index is 8.29. The summed E-state index contributed by atoms with van der Waals surface area (Å²) in [4.78, 5) is 0. The average molecular weight is 143 g/mol. The van der Waals surface area contributed by atoms with E-state index in [1.54, 1.807) is 12.1 Å². The predicted octanol–water partition coefficient (Wildman–Crippen LogP) is 1.34.